The summed E-state index contributed by atoms with van der Waals surface area (Å²) in [6.45, 7) is 3.30. The molecule has 0 rings (SSSR count). The molecule has 0 aromatic carbocycles. The van der Waals surface area contributed by atoms with E-state index in [2.05, 4.69) is 0 Å². The van der Waals surface area contributed by atoms with Gasteiger partial charge in [-0.15, -0.1) is 0 Å². The van der Waals surface area contributed by atoms with Crippen molar-refractivity contribution >= 4 is 20.2 Å². The molecular weight excluding hydrogens is 433 g/mol. The first-order valence-corrected chi connectivity index (χ1v) is 7.15. The Morgan fingerprint density at radius 1 is 0.800 bits per heavy atom. The standard InChI is InChI=1S/2C3H8O3S.Hg/c2*1-2-3-7(4,5)6;/h2*2-3H2,1H3,(H,4,5,6);/q;;+2/p-2. The molecule has 0 bridgehead atoms. The minimum atomic E-state index is -3.92. The second-order valence-electron chi connectivity index (χ2n) is 2.52. The van der Waals surface area contributed by atoms with E-state index in [1.807, 2.05) is 0 Å². The van der Waals surface area contributed by atoms with Gasteiger partial charge in [-0.3, -0.25) is 0 Å². The van der Waals surface area contributed by atoms with Crippen molar-refractivity contribution in [2.45, 2.75) is 26.7 Å². The van der Waals surface area contributed by atoms with Crippen molar-refractivity contribution in [2.75, 3.05) is 11.5 Å². The number of hydrogen-bond acceptors (Lipinski definition) is 6. The summed E-state index contributed by atoms with van der Waals surface area (Å²) in [7, 11) is -7.85. The first-order chi connectivity index (χ1) is 6.12. The molecule has 0 spiro atoms. The molecule has 6 nitrogen and oxygen atoms in total. The second-order valence-corrected chi connectivity index (χ2v) is 5.57. The smallest absolute Gasteiger partial charge is 0.748 e. The Balaban J connectivity index is -0.000000180. The van der Waals surface area contributed by atoms with Crippen molar-refractivity contribution in [1.82, 2.24) is 0 Å². The van der Waals surface area contributed by atoms with Gasteiger partial charge in [0, 0.05) is 11.5 Å². The topological polar surface area (TPSA) is 114 Å². The average Bonchev–Trinajstić information content (AvgIpc) is 1.81. The van der Waals surface area contributed by atoms with Crippen LogP contribution in [0.2, 0.25) is 0 Å². The van der Waals surface area contributed by atoms with Crippen molar-refractivity contribution in [2.24, 2.45) is 0 Å². The van der Waals surface area contributed by atoms with Gasteiger partial charge in [0.05, 0.1) is 20.2 Å². The molecule has 15 heavy (non-hydrogen) atoms. The normalized spacial score (nSPS) is 10.9. The maximum atomic E-state index is 9.68. The molecule has 9 heteroatoms. The van der Waals surface area contributed by atoms with E-state index in [1.54, 1.807) is 13.8 Å². The third-order valence-corrected chi connectivity index (χ3v) is 2.72. The van der Waals surface area contributed by atoms with E-state index in [1.165, 1.54) is 0 Å². The summed E-state index contributed by atoms with van der Waals surface area (Å²) in [4.78, 5) is 0. The minimum Gasteiger partial charge on any atom is -0.748 e. The molecular formula is C6H14HgO6S2. The third kappa shape index (κ3) is 31.3. The Hall–Kier alpha value is 0.755. The SMILES string of the molecule is CCCS(=O)(=O)[O-].CCCS(=O)(=O)[O-].[Hg+2]. The maximum absolute atomic E-state index is 9.68. The largest absolute Gasteiger partial charge is 2.00 e. The zero-order valence-electron chi connectivity index (χ0n) is 8.80. The van der Waals surface area contributed by atoms with E-state index in [9.17, 15) is 25.9 Å². The van der Waals surface area contributed by atoms with Gasteiger partial charge >= 0.3 is 27.7 Å². The Morgan fingerprint density at radius 2 is 1.00 bits per heavy atom. The van der Waals surface area contributed by atoms with Crippen molar-refractivity contribution in [3.05, 3.63) is 0 Å². The van der Waals surface area contributed by atoms with Gasteiger partial charge in [0.15, 0.2) is 0 Å². The fourth-order valence-corrected chi connectivity index (χ4v) is 1.50. The van der Waals surface area contributed by atoms with E-state index in [-0.39, 0.29) is 39.2 Å². The first kappa shape index (κ1) is 21.1. The zero-order chi connectivity index (χ0) is 11.8. The molecule has 0 aliphatic carbocycles. The van der Waals surface area contributed by atoms with E-state index < -0.39 is 20.2 Å². The molecule has 0 saturated carbocycles. The van der Waals surface area contributed by atoms with Crippen molar-refractivity contribution < 1.29 is 53.6 Å². The van der Waals surface area contributed by atoms with E-state index in [0.717, 1.165) is 0 Å². The molecule has 0 saturated heterocycles. The molecule has 0 atom stereocenters. The fraction of sp³-hybridized carbons (Fsp3) is 1.00. The van der Waals surface area contributed by atoms with E-state index in [4.69, 9.17) is 0 Å². The Kier molecular flexibility index (Phi) is 14.0. The summed E-state index contributed by atoms with van der Waals surface area (Å²) in [6.07, 6.45) is 0.817. The van der Waals surface area contributed by atoms with Gasteiger partial charge in [0.25, 0.3) is 0 Å². The summed E-state index contributed by atoms with van der Waals surface area (Å²) < 4.78 is 58.1. The quantitative estimate of drug-likeness (QED) is 0.439. The first-order valence-electron chi connectivity index (χ1n) is 3.99. The van der Waals surface area contributed by atoms with Crippen LogP contribution in [-0.4, -0.2) is 37.4 Å². The van der Waals surface area contributed by atoms with Crippen LogP contribution in [0.4, 0.5) is 0 Å². The average molecular weight is 447 g/mol. The molecule has 0 N–H and O–H groups in total. The van der Waals surface area contributed by atoms with Crippen LogP contribution in [0, 0.1) is 0 Å². The molecule has 0 aliphatic heterocycles. The van der Waals surface area contributed by atoms with Crippen LogP contribution >= 0.6 is 0 Å². The number of hydrogen-bond donors (Lipinski definition) is 0. The summed E-state index contributed by atoms with van der Waals surface area (Å²) in [5.74, 6) is -0.486. The van der Waals surface area contributed by atoms with Crippen LogP contribution in [0.5, 0.6) is 0 Å². The van der Waals surface area contributed by atoms with E-state index in [0.29, 0.717) is 12.8 Å². The van der Waals surface area contributed by atoms with Crippen LogP contribution in [0.15, 0.2) is 0 Å². The van der Waals surface area contributed by atoms with Crippen LogP contribution < -0.4 is 0 Å². The molecule has 0 aromatic rings. The predicted molar refractivity (Wildman–Crippen MR) is 49.7 cm³/mol. The summed E-state index contributed by atoms with van der Waals surface area (Å²) in [5.41, 5.74) is 0. The second kappa shape index (κ2) is 9.94. The van der Waals surface area contributed by atoms with Gasteiger partial charge in [0.2, 0.25) is 0 Å². The van der Waals surface area contributed by atoms with Gasteiger partial charge < -0.3 is 9.11 Å². The maximum Gasteiger partial charge on any atom is 2.00 e. The Morgan fingerprint density at radius 3 is 1.00 bits per heavy atom. The van der Waals surface area contributed by atoms with E-state index >= 15 is 0 Å². The summed E-state index contributed by atoms with van der Waals surface area (Å²) in [6, 6.07) is 0. The van der Waals surface area contributed by atoms with Crippen molar-refractivity contribution in [1.29, 1.82) is 0 Å². The fourth-order valence-electron chi connectivity index (χ4n) is 0.500. The molecule has 0 aromatic heterocycles. The molecule has 0 radical (unpaired) electrons. The van der Waals surface area contributed by atoms with Gasteiger partial charge in [-0.2, -0.15) is 0 Å². The molecule has 0 amide bonds. The molecule has 0 unspecified atom stereocenters. The Bertz CT molecular complexity index is 286. The van der Waals surface area contributed by atoms with Crippen molar-refractivity contribution in [3.8, 4) is 0 Å². The monoisotopic (exact) mass is 448 g/mol. The molecule has 0 fully saturated rings. The van der Waals surface area contributed by atoms with Crippen molar-refractivity contribution in [3.63, 3.8) is 0 Å². The van der Waals surface area contributed by atoms with Gasteiger partial charge in [-0.1, -0.05) is 13.8 Å². The van der Waals surface area contributed by atoms with Gasteiger partial charge in [-0.05, 0) is 12.8 Å². The Labute approximate surface area is 111 Å². The van der Waals surface area contributed by atoms with Crippen LogP contribution in [0.3, 0.4) is 0 Å². The minimum absolute atomic E-state index is 0. The molecule has 0 aliphatic rings. The predicted octanol–water partition coefficient (Wildman–Crippen LogP) is -0.119. The molecule has 88 valence electrons. The van der Waals surface area contributed by atoms with Gasteiger partial charge in [0.1, 0.15) is 0 Å². The zero-order valence-corrected chi connectivity index (χ0v) is 15.9. The summed E-state index contributed by atoms with van der Waals surface area (Å²) in [5, 5.41) is 0. The van der Waals surface area contributed by atoms with Gasteiger partial charge in [-0.25, -0.2) is 16.8 Å². The van der Waals surface area contributed by atoms with Crippen LogP contribution in [0.1, 0.15) is 26.7 Å². The number of rotatable bonds is 4. The summed E-state index contributed by atoms with van der Waals surface area (Å²) >= 11 is 0. The van der Waals surface area contributed by atoms with Crippen LogP contribution in [-0.2, 0) is 47.9 Å². The molecule has 0 heterocycles. The third-order valence-electron chi connectivity index (χ3n) is 0.908. The van der Waals surface area contributed by atoms with Crippen LogP contribution in [0.25, 0.3) is 0 Å².